The summed E-state index contributed by atoms with van der Waals surface area (Å²) in [6.45, 7) is 4.75. The monoisotopic (exact) mass is 214 g/mol. The molecule has 0 aromatic heterocycles. The van der Waals surface area contributed by atoms with E-state index in [1.54, 1.807) is 0 Å². The zero-order chi connectivity index (χ0) is 11.1. The third kappa shape index (κ3) is 4.08. The number of nitrogens with zero attached hydrogens (tertiary/aromatic N) is 1. The minimum Gasteiger partial charge on any atom is -0.396 e. The Morgan fingerprint density at radius 1 is 1.47 bits per heavy atom. The number of hydrogen-bond donors (Lipinski definition) is 2. The molecule has 0 aliphatic carbocycles. The fourth-order valence-electron chi connectivity index (χ4n) is 1.95. The standard InChI is InChI=1S/C11H22N2O2/c1-2-6-12-11(15)13-7-3-10(4-8-13)5-9-14/h10,14H,2-9H2,1H3,(H,12,15). The fourth-order valence-corrected chi connectivity index (χ4v) is 1.95. The second-order valence-corrected chi connectivity index (χ2v) is 4.17. The SMILES string of the molecule is CCCNC(=O)N1CCC(CCO)CC1. The van der Waals surface area contributed by atoms with Crippen LogP contribution in [0.4, 0.5) is 4.79 Å². The van der Waals surface area contributed by atoms with Crippen LogP contribution in [0.15, 0.2) is 0 Å². The molecule has 0 unspecified atom stereocenters. The third-order valence-electron chi connectivity index (χ3n) is 2.97. The van der Waals surface area contributed by atoms with Gasteiger partial charge in [0.1, 0.15) is 0 Å². The van der Waals surface area contributed by atoms with Gasteiger partial charge < -0.3 is 15.3 Å². The number of carbonyl (C=O) groups is 1. The molecule has 0 radical (unpaired) electrons. The average Bonchev–Trinajstić information content (AvgIpc) is 2.27. The van der Waals surface area contributed by atoms with Gasteiger partial charge in [0.15, 0.2) is 0 Å². The summed E-state index contributed by atoms with van der Waals surface area (Å²) in [6, 6.07) is 0.0688. The van der Waals surface area contributed by atoms with Gasteiger partial charge in [-0.05, 0) is 31.6 Å². The number of aliphatic hydroxyl groups is 1. The lowest BCUT2D eigenvalue weighted by atomic mass is 9.94. The lowest BCUT2D eigenvalue weighted by Gasteiger charge is -2.31. The summed E-state index contributed by atoms with van der Waals surface area (Å²) in [7, 11) is 0. The molecule has 4 nitrogen and oxygen atoms in total. The van der Waals surface area contributed by atoms with E-state index in [4.69, 9.17) is 5.11 Å². The second-order valence-electron chi connectivity index (χ2n) is 4.17. The van der Waals surface area contributed by atoms with Gasteiger partial charge in [-0.25, -0.2) is 4.79 Å². The van der Waals surface area contributed by atoms with Crippen molar-refractivity contribution in [1.82, 2.24) is 10.2 Å². The first-order valence-electron chi connectivity index (χ1n) is 5.91. The Hall–Kier alpha value is -0.770. The molecule has 0 aromatic rings. The molecular weight excluding hydrogens is 192 g/mol. The number of piperidine rings is 1. The highest BCUT2D eigenvalue weighted by atomic mass is 16.3. The maximum atomic E-state index is 11.6. The van der Waals surface area contributed by atoms with Gasteiger partial charge >= 0.3 is 6.03 Å². The van der Waals surface area contributed by atoms with Crippen LogP contribution in [0, 0.1) is 5.92 Å². The third-order valence-corrected chi connectivity index (χ3v) is 2.97. The molecule has 1 rings (SSSR count). The van der Waals surface area contributed by atoms with E-state index < -0.39 is 0 Å². The van der Waals surface area contributed by atoms with Crippen LogP contribution in [0.5, 0.6) is 0 Å². The number of hydrogen-bond acceptors (Lipinski definition) is 2. The topological polar surface area (TPSA) is 52.6 Å². The van der Waals surface area contributed by atoms with E-state index in [9.17, 15) is 4.79 Å². The van der Waals surface area contributed by atoms with Gasteiger partial charge in [-0.1, -0.05) is 6.92 Å². The zero-order valence-corrected chi connectivity index (χ0v) is 9.54. The lowest BCUT2D eigenvalue weighted by Crippen LogP contribution is -2.44. The van der Waals surface area contributed by atoms with Crippen LogP contribution in [0.1, 0.15) is 32.6 Å². The van der Waals surface area contributed by atoms with E-state index >= 15 is 0 Å². The van der Waals surface area contributed by atoms with Gasteiger partial charge in [0.25, 0.3) is 0 Å². The van der Waals surface area contributed by atoms with Crippen LogP contribution in [0.25, 0.3) is 0 Å². The smallest absolute Gasteiger partial charge is 0.317 e. The maximum absolute atomic E-state index is 11.6. The maximum Gasteiger partial charge on any atom is 0.317 e. The number of aliphatic hydroxyl groups excluding tert-OH is 1. The van der Waals surface area contributed by atoms with Crippen molar-refractivity contribution in [3.63, 3.8) is 0 Å². The molecular formula is C11H22N2O2. The molecule has 4 heteroatoms. The van der Waals surface area contributed by atoms with E-state index in [0.29, 0.717) is 5.92 Å². The van der Waals surface area contributed by atoms with Gasteiger partial charge in [-0.15, -0.1) is 0 Å². The van der Waals surface area contributed by atoms with Crippen molar-refractivity contribution in [3.8, 4) is 0 Å². The van der Waals surface area contributed by atoms with Gasteiger partial charge in [0.05, 0.1) is 0 Å². The molecule has 0 aromatic carbocycles. The van der Waals surface area contributed by atoms with E-state index in [1.165, 1.54) is 0 Å². The predicted octanol–water partition coefficient (Wildman–Crippen LogP) is 1.20. The Kier molecular flexibility index (Phi) is 5.47. The van der Waals surface area contributed by atoms with Crippen LogP contribution >= 0.6 is 0 Å². The van der Waals surface area contributed by atoms with Crippen molar-refractivity contribution >= 4 is 6.03 Å². The Morgan fingerprint density at radius 3 is 2.67 bits per heavy atom. The van der Waals surface area contributed by atoms with E-state index in [-0.39, 0.29) is 12.6 Å². The number of nitrogens with one attached hydrogen (secondary N) is 1. The van der Waals surface area contributed by atoms with Crippen LogP contribution in [0.2, 0.25) is 0 Å². The lowest BCUT2D eigenvalue weighted by molar-refractivity contribution is 0.157. The van der Waals surface area contributed by atoms with Crippen LogP contribution in [-0.4, -0.2) is 42.3 Å². The van der Waals surface area contributed by atoms with Crippen molar-refractivity contribution in [2.24, 2.45) is 5.92 Å². The highest BCUT2D eigenvalue weighted by Crippen LogP contribution is 2.19. The first-order valence-corrected chi connectivity index (χ1v) is 5.91. The Balaban J connectivity index is 2.21. The number of urea groups is 1. The first-order chi connectivity index (χ1) is 7.27. The minimum atomic E-state index is 0.0688. The normalized spacial score (nSPS) is 17.9. The highest BCUT2D eigenvalue weighted by Gasteiger charge is 2.21. The summed E-state index contributed by atoms with van der Waals surface area (Å²) in [5.41, 5.74) is 0. The summed E-state index contributed by atoms with van der Waals surface area (Å²) >= 11 is 0. The van der Waals surface area contributed by atoms with Crippen molar-refractivity contribution in [3.05, 3.63) is 0 Å². The quantitative estimate of drug-likeness (QED) is 0.739. The number of amides is 2. The molecule has 2 amide bonds. The first kappa shape index (κ1) is 12.3. The van der Waals surface area contributed by atoms with Crippen molar-refractivity contribution in [2.75, 3.05) is 26.2 Å². The molecule has 1 saturated heterocycles. The number of carbonyl (C=O) groups excluding carboxylic acids is 1. The van der Waals surface area contributed by atoms with Gasteiger partial charge in [0.2, 0.25) is 0 Å². The van der Waals surface area contributed by atoms with Crippen LogP contribution < -0.4 is 5.32 Å². The molecule has 0 spiro atoms. The van der Waals surface area contributed by atoms with E-state index in [2.05, 4.69) is 5.32 Å². The molecule has 1 aliphatic rings. The molecule has 1 fully saturated rings. The summed E-state index contributed by atoms with van der Waals surface area (Å²) in [5, 5.41) is 11.7. The molecule has 0 saturated carbocycles. The van der Waals surface area contributed by atoms with Gasteiger partial charge in [-0.3, -0.25) is 0 Å². The fraction of sp³-hybridized carbons (Fsp3) is 0.909. The molecule has 2 N–H and O–H groups in total. The second kappa shape index (κ2) is 6.67. The molecule has 0 atom stereocenters. The van der Waals surface area contributed by atoms with Crippen molar-refractivity contribution in [2.45, 2.75) is 32.6 Å². The molecule has 1 aliphatic heterocycles. The Labute approximate surface area is 91.6 Å². The summed E-state index contributed by atoms with van der Waals surface area (Å²) in [6.07, 6.45) is 3.91. The average molecular weight is 214 g/mol. The van der Waals surface area contributed by atoms with Gasteiger partial charge in [0, 0.05) is 26.2 Å². The molecule has 1 heterocycles. The molecule has 15 heavy (non-hydrogen) atoms. The molecule has 88 valence electrons. The van der Waals surface area contributed by atoms with Gasteiger partial charge in [-0.2, -0.15) is 0 Å². The van der Waals surface area contributed by atoms with Crippen LogP contribution in [-0.2, 0) is 0 Å². The molecule has 0 bridgehead atoms. The number of rotatable bonds is 4. The Morgan fingerprint density at radius 2 is 2.13 bits per heavy atom. The van der Waals surface area contributed by atoms with Crippen molar-refractivity contribution in [1.29, 1.82) is 0 Å². The van der Waals surface area contributed by atoms with E-state index in [1.807, 2.05) is 11.8 Å². The minimum absolute atomic E-state index is 0.0688. The summed E-state index contributed by atoms with van der Waals surface area (Å²) < 4.78 is 0. The Bertz CT molecular complexity index is 189. The van der Waals surface area contributed by atoms with E-state index in [0.717, 1.165) is 45.3 Å². The highest BCUT2D eigenvalue weighted by molar-refractivity contribution is 5.74. The summed E-state index contributed by atoms with van der Waals surface area (Å²) in [5.74, 6) is 0.602. The summed E-state index contributed by atoms with van der Waals surface area (Å²) in [4.78, 5) is 13.5. The number of likely N-dealkylation sites (tertiary alicyclic amines) is 1. The van der Waals surface area contributed by atoms with Crippen LogP contribution in [0.3, 0.4) is 0 Å². The largest absolute Gasteiger partial charge is 0.396 e. The van der Waals surface area contributed by atoms with Crippen molar-refractivity contribution < 1.29 is 9.90 Å². The predicted molar refractivity (Wildman–Crippen MR) is 59.7 cm³/mol. The zero-order valence-electron chi connectivity index (χ0n) is 9.54.